The van der Waals surface area contributed by atoms with Crippen LogP contribution in [0.15, 0.2) is 10.5 Å². The van der Waals surface area contributed by atoms with Gasteiger partial charge in [-0.05, 0) is 85.1 Å². The van der Waals surface area contributed by atoms with Gasteiger partial charge in [0.25, 0.3) is 0 Å². The van der Waals surface area contributed by atoms with E-state index < -0.39 is 0 Å². The van der Waals surface area contributed by atoms with E-state index in [0.29, 0.717) is 0 Å². The molecule has 1 aromatic carbocycles. The van der Waals surface area contributed by atoms with Crippen molar-refractivity contribution >= 4 is 15.9 Å². The Balaban J connectivity index is 2.20. The lowest BCUT2D eigenvalue weighted by molar-refractivity contribution is 0.366. The standard InChI is InChI=1S/C17H24BrNO/c1-17(9-6-10-19-17)15-13-8-5-3-4-7-12(13)11-14(18)16(15)20-2/h11,19H,3-10H2,1-2H3. The van der Waals surface area contributed by atoms with Crippen LogP contribution >= 0.6 is 15.9 Å². The number of methoxy groups -OCH3 is 1. The number of nitrogens with one attached hydrogen (secondary N) is 1. The van der Waals surface area contributed by atoms with E-state index in [-0.39, 0.29) is 5.54 Å². The van der Waals surface area contributed by atoms with Crippen molar-refractivity contribution < 1.29 is 4.74 Å². The van der Waals surface area contributed by atoms with Crippen LogP contribution in [0.2, 0.25) is 0 Å². The normalized spacial score (nSPS) is 26.1. The van der Waals surface area contributed by atoms with Crippen LogP contribution in [0.3, 0.4) is 0 Å². The van der Waals surface area contributed by atoms with Gasteiger partial charge in [-0.2, -0.15) is 0 Å². The third-order valence-corrected chi connectivity index (χ3v) is 5.52. The SMILES string of the molecule is COc1c(Br)cc2c(c1C1(C)CCCN1)CCCCC2. The molecule has 1 heterocycles. The van der Waals surface area contributed by atoms with E-state index in [2.05, 4.69) is 34.2 Å². The van der Waals surface area contributed by atoms with Crippen LogP contribution < -0.4 is 10.1 Å². The van der Waals surface area contributed by atoms with Crippen molar-refractivity contribution in [2.24, 2.45) is 0 Å². The second-order valence-electron chi connectivity index (χ2n) is 6.33. The molecule has 20 heavy (non-hydrogen) atoms. The third-order valence-electron chi connectivity index (χ3n) is 4.93. The molecule has 3 heteroatoms. The number of benzene rings is 1. The number of rotatable bonds is 2. The Morgan fingerprint density at radius 2 is 2.00 bits per heavy atom. The fourth-order valence-electron chi connectivity index (χ4n) is 3.92. The van der Waals surface area contributed by atoms with Crippen LogP contribution in [0.5, 0.6) is 5.75 Å². The molecule has 0 aromatic heterocycles. The summed E-state index contributed by atoms with van der Waals surface area (Å²) in [5, 5.41) is 3.72. The Labute approximate surface area is 130 Å². The zero-order chi connectivity index (χ0) is 14.2. The molecule has 0 spiro atoms. The molecular weight excluding hydrogens is 314 g/mol. The molecule has 110 valence electrons. The molecule has 2 nitrogen and oxygen atoms in total. The first-order chi connectivity index (χ1) is 9.65. The molecule has 1 fully saturated rings. The lowest BCUT2D eigenvalue weighted by atomic mass is 9.82. The Morgan fingerprint density at radius 3 is 2.70 bits per heavy atom. The molecule has 1 saturated heterocycles. The largest absolute Gasteiger partial charge is 0.495 e. The number of aryl methyl sites for hydroxylation is 1. The van der Waals surface area contributed by atoms with E-state index >= 15 is 0 Å². The van der Waals surface area contributed by atoms with Crippen LogP contribution in [-0.2, 0) is 18.4 Å². The van der Waals surface area contributed by atoms with Gasteiger partial charge >= 0.3 is 0 Å². The quantitative estimate of drug-likeness (QED) is 0.811. The van der Waals surface area contributed by atoms with Crippen molar-refractivity contribution in [3.05, 3.63) is 27.2 Å². The van der Waals surface area contributed by atoms with Gasteiger partial charge in [-0.3, -0.25) is 0 Å². The van der Waals surface area contributed by atoms with E-state index in [9.17, 15) is 0 Å². The average molecular weight is 338 g/mol. The predicted octanol–water partition coefficient (Wildman–Crippen LogP) is 4.33. The highest BCUT2D eigenvalue weighted by atomic mass is 79.9. The maximum Gasteiger partial charge on any atom is 0.138 e. The number of ether oxygens (including phenoxy) is 1. The van der Waals surface area contributed by atoms with Gasteiger partial charge in [0.05, 0.1) is 11.6 Å². The van der Waals surface area contributed by atoms with E-state index in [1.54, 1.807) is 12.7 Å². The van der Waals surface area contributed by atoms with E-state index in [1.165, 1.54) is 56.1 Å². The third kappa shape index (κ3) is 2.39. The van der Waals surface area contributed by atoms with Crippen molar-refractivity contribution in [3.8, 4) is 5.75 Å². The summed E-state index contributed by atoms with van der Waals surface area (Å²) in [7, 11) is 1.80. The van der Waals surface area contributed by atoms with Crippen molar-refractivity contribution in [2.45, 2.75) is 57.4 Å². The van der Waals surface area contributed by atoms with Gasteiger partial charge in [0, 0.05) is 11.1 Å². The molecule has 0 amide bonds. The maximum atomic E-state index is 5.77. The first kappa shape index (κ1) is 14.4. The highest BCUT2D eigenvalue weighted by Gasteiger charge is 2.36. The van der Waals surface area contributed by atoms with Gasteiger partial charge in [0.2, 0.25) is 0 Å². The van der Waals surface area contributed by atoms with E-state index in [1.807, 2.05) is 0 Å². The highest BCUT2D eigenvalue weighted by molar-refractivity contribution is 9.10. The predicted molar refractivity (Wildman–Crippen MR) is 86.5 cm³/mol. The van der Waals surface area contributed by atoms with Crippen molar-refractivity contribution in [2.75, 3.05) is 13.7 Å². The van der Waals surface area contributed by atoms with Crippen LogP contribution in [0.25, 0.3) is 0 Å². The number of halogens is 1. The Bertz CT molecular complexity index is 506. The first-order valence-electron chi connectivity index (χ1n) is 7.79. The van der Waals surface area contributed by atoms with Crippen LogP contribution in [0, 0.1) is 0 Å². The van der Waals surface area contributed by atoms with Crippen molar-refractivity contribution in [1.29, 1.82) is 0 Å². The monoisotopic (exact) mass is 337 g/mol. The minimum Gasteiger partial charge on any atom is -0.495 e. The number of hydrogen-bond acceptors (Lipinski definition) is 2. The summed E-state index contributed by atoms with van der Waals surface area (Å²) in [5.74, 6) is 1.04. The van der Waals surface area contributed by atoms with Gasteiger partial charge in [-0.25, -0.2) is 0 Å². The second kappa shape index (κ2) is 5.69. The maximum absolute atomic E-state index is 5.77. The molecule has 1 N–H and O–H groups in total. The van der Waals surface area contributed by atoms with Crippen LogP contribution in [-0.4, -0.2) is 13.7 Å². The molecule has 1 atom stereocenters. The Hall–Kier alpha value is -0.540. The fraction of sp³-hybridized carbons (Fsp3) is 0.647. The molecular formula is C17H24BrNO. The molecule has 3 rings (SSSR count). The molecule has 1 aliphatic heterocycles. The summed E-state index contributed by atoms with van der Waals surface area (Å²) < 4.78 is 6.89. The Morgan fingerprint density at radius 1 is 1.20 bits per heavy atom. The van der Waals surface area contributed by atoms with Crippen LogP contribution in [0.1, 0.15) is 55.7 Å². The molecule has 0 radical (unpaired) electrons. The first-order valence-corrected chi connectivity index (χ1v) is 8.59. The van der Waals surface area contributed by atoms with Gasteiger partial charge < -0.3 is 10.1 Å². The summed E-state index contributed by atoms with van der Waals surface area (Å²) >= 11 is 3.73. The average Bonchev–Trinajstić information content (AvgIpc) is 2.74. The molecule has 1 aromatic rings. The summed E-state index contributed by atoms with van der Waals surface area (Å²) in [6.45, 7) is 3.45. The van der Waals surface area contributed by atoms with E-state index in [0.717, 1.165) is 16.8 Å². The fourth-order valence-corrected chi connectivity index (χ4v) is 4.55. The Kier molecular flexibility index (Phi) is 4.09. The second-order valence-corrected chi connectivity index (χ2v) is 7.18. The molecule has 2 aliphatic rings. The van der Waals surface area contributed by atoms with Crippen LogP contribution in [0.4, 0.5) is 0 Å². The van der Waals surface area contributed by atoms with E-state index in [4.69, 9.17) is 4.74 Å². The summed E-state index contributed by atoms with van der Waals surface area (Å²) in [5.41, 5.74) is 4.58. The van der Waals surface area contributed by atoms with Gasteiger partial charge in [-0.15, -0.1) is 0 Å². The molecule has 0 saturated carbocycles. The lowest BCUT2D eigenvalue weighted by Crippen LogP contribution is -2.35. The minimum atomic E-state index is 0.0730. The molecule has 1 unspecified atom stereocenters. The highest BCUT2D eigenvalue weighted by Crippen LogP contribution is 2.45. The van der Waals surface area contributed by atoms with Gasteiger partial charge in [-0.1, -0.05) is 6.42 Å². The zero-order valence-corrected chi connectivity index (χ0v) is 14.1. The van der Waals surface area contributed by atoms with Gasteiger partial charge in [0.1, 0.15) is 5.75 Å². The topological polar surface area (TPSA) is 21.3 Å². The summed E-state index contributed by atoms with van der Waals surface area (Å²) in [6, 6.07) is 2.29. The number of hydrogen-bond donors (Lipinski definition) is 1. The summed E-state index contributed by atoms with van der Waals surface area (Å²) in [4.78, 5) is 0. The number of fused-ring (bicyclic) bond motifs is 1. The molecule has 0 bridgehead atoms. The smallest absolute Gasteiger partial charge is 0.138 e. The lowest BCUT2D eigenvalue weighted by Gasteiger charge is -2.31. The van der Waals surface area contributed by atoms with Crippen molar-refractivity contribution in [1.82, 2.24) is 5.32 Å². The zero-order valence-electron chi connectivity index (χ0n) is 12.5. The molecule has 1 aliphatic carbocycles. The van der Waals surface area contributed by atoms with Gasteiger partial charge in [0.15, 0.2) is 0 Å². The summed E-state index contributed by atoms with van der Waals surface area (Å²) in [6.07, 6.45) is 8.83. The minimum absolute atomic E-state index is 0.0730. The van der Waals surface area contributed by atoms with Crippen molar-refractivity contribution in [3.63, 3.8) is 0 Å².